The van der Waals surface area contributed by atoms with E-state index >= 15 is 0 Å². The fraction of sp³-hybridized carbons (Fsp3) is 0. The summed E-state index contributed by atoms with van der Waals surface area (Å²) in [5, 5.41) is 4.33. The van der Waals surface area contributed by atoms with Gasteiger partial charge in [-0.1, -0.05) is 47.6 Å². The molecule has 0 spiro atoms. The Morgan fingerprint density at radius 2 is 1.67 bits per heavy atom. The van der Waals surface area contributed by atoms with Crippen LogP contribution in [0.2, 0.25) is 10.0 Å². The number of halogens is 2. The van der Waals surface area contributed by atoms with Crippen molar-refractivity contribution in [2.75, 3.05) is 5.32 Å². The number of nitrogens with two attached hydrogens (primary N) is 1. The first-order valence-corrected chi connectivity index (χ1v) is 6.34. The number of hydrogen-bond acceptors (Lipinski definition) is 2. The highest BCUT2D eigenvalue weighted by atomic mass is 35.5. The Bertz CT molecular complexity index is 579. The lowest BCUT2D eigenvalue weighted by Gasteiger charge is -2.11. The number of anilines is 2. The van der Waals surface area contributed by atoms with E-state index in [0.29, 0.717) is 15.0 Å². The summed E-state index contributed by atoms with van der Waals surface area (Å²) in [7, 11) is 0. The smallest absolute Gasteiger partial charge is 0.106 e. The second-order valence-electron chi connectivity index (χ2n) is 3.69. The van der Waals surface area contributed by atoms with Crippen LogP contribution < -0.4 is 11.1 Å². The molecule has 0 heterocycles. The van der Waals surface area contributed by atoms with Crippen molar-refractivity contribution in [2.24, 2.45) is 5.73 Å². The van der Waals surface area contributed by atoms with E-state index in [4.69, 9.17) is 41.2 Å². The van der Waals surface area contributed by atoms with E-state index in [-0.39, 0.29) is 0 Å². The van der Waals surface area contributed by atoms with Crippen LogP contribution in [0.25, 0.3) is 0 Å². The van der Waals surface area contributed by atoms with Gasteiger partial charge in [0.05, 0.1) is 0 Å². The molecule has 2 nitrogen and oxygen atoms in total. The minimum atomic E-state index is 0.339. The van der Waals surface area contributed by atoms with Gasteiger partial charge in [-0.2, -0.15) is 0 Å². The highest BCUT2D eigenvalue weighted by Crippen LogP contribution is 2.26. The molecule has 0 fully saturated rings. The summed E-state index contributed by atoms with van der Waals surface area (Å²) < 4.78 is 0. The Hall–Kier alpha value is -1.29. The fourth-order valence-corrected chi connectivity index (χ4v) is 2.29. The number of thiocarbonyl (C=S) groups is 1. The van der Waals surface area contributed by atoms with Crippen molar-refractivity contribution in [1.82, 2.24) is 0 Å². The van der Waals surface area contributed by atoms with Gasteiger partial charge in [-0.3, -0.25) is 0 Å². The summed E-state index contributed by atoms with van der Waals surface area (Å²) in [5.74, 6) is 0. The molecule has 2 aromatic rings. The van der Waals surface area contributed by atoms with Crippen LogP contribution in [0.1, 0.15) is 5.56 Å². The van der Waals surface area contributed by atoms with Crippen molar-refractivity contribution >= 4 is 51.8 Å². The van der Waals surface area contributed by atoms with Gasteiger partial charge in [0.2, 0.25) is 0 Å². The van der Waals surface area contributed by atoms with Crippen molar-refractivity contribution in [3.63, 3.8) is 0 Å². The summed E-state index contributed by atoms with van der Waals surface area (Å²) in [5.41, 5.74) is 8.06. The fourth-order valence-electron chi connectivity index (χ4n) is 1.59. The molecule has 0 saturated heterocycles. The highest BCUT2D eigenvalue weighted by molar-refractivity contribution is 7.80. The molecular weight excluding hydrogens is 287 g/mol. The zero-order chi connectivity index (χ0) is 13.1. The molecule has 0 saturated carbocycles. The first-order valence-electron chi connectivity index (χ1n) is 5.18. The van der Waals surface area contributed by atoms with Crippen LogP contribution >= 0.6 is 35.4 Å². The minimum absolute atomic E-state index is 0.339. The largest absolute Gasteiger partial charge is 0.389 e. The number of hydrogen-bond donors (Lipinski definition) is 2. The van der Waals surface area contributed by atoms with Gasteiger partial charge in [-0.15, -0.1) is 0 Å². The van der Waals surface area contributed by atoms with Crippen molar-refractivity contribution in [3.05, 3.63) is 58.1 Å². The predicted molar refractivity (Wildman–Crippen MR) is 82.1 cm³/mol. The molecule has 18 heavy (non-hydrogen) atoms. The zero-order valence-electron chi connectivity index (χ0n) is 9.28. The van der Waals surface area contributed by atoms with Crippen LogP contribution in [-0.2, 0) is 0 Å². The first-order chi connectivity index (χ1) is 8.56. The average molecular weight is 297 g/mol. The third kappa shape index (κ3) is 3.13. The maximum absolute atomic E-state index is 5.94. The molecule has 2 aromatic carbocycles. The summed E-state index contributed by atoms with van der Waals surface area (Å²) in [4.78, 5) is 0.339. The van der Waals surface area contributed by atoms with E-state index in [0.717, 1.165) is 16.9 Å². The van der Waals surface area contributed by atoms with Crippen LogP contribution in [0.15, 0.2) is 42.5 Å². The lowest BCUT2D eigenvalue weighted by molar-refractivity contribution is 1.52. The van der Waals surface area contributed by atoms with Crippen LogP contribution in [0.4, 0.5) is 11.4 Å². The van der Waals surface area contributed by atoms with Gasteiger partial charge in [0.15, 0.2) is 0 Å². The minimum Gasteiger partial charge on any atom is -0.389 e. The van der Waals surface area contributed by atoms with Gasteiger partial charge in [0, 0.05) is 27.0 Å². The molecule has 0 radical (unpaired) electrons. The summed E-state index contributed by atoms with van der Waals surface area (Å²) in [6.07, 6.45) is 0. The van der Waals surface area contributed by atoms with E-state index in [1.807, 2.05) is 24.3 Å². The molecule has 3 N–H and O–H groups in total. The number of rotatable bonds is 3. The average Bonchev–Trinajstić information content (AvgIpc) is 2.27. The summed E-state index contributed by atoms with van der Waals surface area (Å²) >= 11 is 16.9. The van der Waals surface area contributed by atoms with E-state index < -0.39 is 0 Å². The molecule has 0 aromatic heterocycles. The van der Waals surface area contributed by atoms with Crippen molar-refractivity contribution in [3.8, 4) is 0 Å². The van der Waals surface area contributed by atoms with E-state index in [2.05, 4.69) is 5.32 Å². The molecule has 0 aliphatic carbocycles. The molecule has 0 aliphatic heterocycles. The topological polar surface area (TPSA) is 38.0 Å². The highest BCUT2D eigenvalue weighted by Gasteiger charge is 2.05. The number of benzene rings is 2. The number of para-hydroxylation sites is 1. The van der Waals surface area contributed by atoms with Gasteiger partial charge in [0.25, 0.3) is 0 Å². The standard InChI is InChI=1S/C13H10Cl2N2S/c14-8-5-9(15)7-10(6-8)17-12-4-2-1-3-11(12)13(16)18/h1-7,17H,(H2,16,18). The first kappa shape index (κ1) is 13.1. The molecule has 5 heteroatoms. The van der Waals surface area contributed by atoms with Crippen LogP contribution in [0, 0.1) is 0 Å². The third-order valence-electron chi connectivity index (χ3n) is 2.33. The quantitative estimate of drug-likeness (QED) is 0.826. The van der Waals surface area contributed by atoms with Crippen molar-refractivity contribution in [1.29, 1.82) is 0 Å². The lowest BCUT2D eigenvalue weighted by Crippen LogP contribution is -2.11. The van der Waals surface area contributed by atoms with Gasteiger partial charge >= 0.3 is 0 Å². The Morgan fingerprint density at radius 3 is 2.28 bits per heavy atom. The lowest BCUT2D eigenvalue weighted by atomic mass is 10.1. The van der Waals surface area contributed by atoms with Crippen molar-refractivity contribution < 1.29 is 0 Å². The molecule has 0 amide bonds. The van der Waals surface area contributed by atoms with E-state index in [1.165, 1.54) is 0 Å². The van der Waals surface area contributed by atoms with Crippen LogP contribution in [-0.4, -0.2) is 4.99 Å². The van der Waals surface area contributed by atoms with Gasteiger partial charge in [0.1, 0.15) is 4.99 Å². The second-order valence-corrected chi connectivity index (χ2v) is 5.01. The zero-order valence-corrected chi connectivity index (χ0v) is 11.6. The SMILES string of the molecule is NC(=S)c1ccccc1Nc1cc(Cl)cc(Cl)c1. The number of nitrogens with one attached hydrogen (secondary N) is 1. The van der Waals surface area contributed by atoms with Gasteiger partial charge in [-0.05, 0) is 30.3 Å². The summed E-state index contributed by atoms with van der Waals surface area (Å²) in [6.45, 7) is 0. The second kappa shape index (κ2) is 5.57. The Morgan fingerprint density at radius 1 is 1.06 bits per heavy atom. The normalized spacial score (nSPS) is 10.1. The van der Waals surface area contributed by atoms with Gasteiger partial charge < -0.3 is 11.1 Å². The van der Waals surface area contributed by atoms with Crippen LogP contribution in [0.3, 0.4) is 0 Å². The Balaban J connectivity index is 2.37. The maximum Gasteiger partial charge on any atom is 0.106 e. The maximum atomic E-state index is 5.94. The Kier molecular flexibility index (Phi) is 4.07. The van der Waals surface area contributed by atoms with Crippen LogP contribution in [0.5, 0.6) is 0 Å². The predicted octanol–water partition coefficient (Wildman–Crippen LogP) is 4.37. The van der Waals surface area contributed by atoms with E-state index in [1.54, 1.807) is 18.2 Å². The van der Waals surface area contributed by atoms with Gasteiger partial charge in [-0.25, -0.2) is 0 Å². The monoisotopic (exact) mass is 296 g/mol. The molecule has 0 aliphatic rings. The molecular formula is C13H10Cl2N2S. The summed E-state index contributed by atoms with van der Waals surface area (Å²) in [6, 6.07) is 12.8. The molecule has 2 rings (SSSR count). The van der Waals surface area contributed by atoms with Crippen molar-refractivity contribution in [2.45, 2.75) is 0 Å². The molecule has 92 valence electrons. The Labute approximate surface area is 121 Å². The third-order valence-corrected chi connectivity index (χ3v) is 2.99. The molecule has 0 bridgehead atoms. The molecule has 0 atom stereocenters. The van der Waals surface area contributed by atoms with E-state index in [9.17, 15) is 0 Å². The molecule has 0 unspecified atom stereocenters.